The Morgan fingerprint density at radius 3 is 2.45 bits per heavy atom. The van der Waals surface area contributed by atoms with Crippen molar-refractivity contribution in [3.8, 4) is 0 Å². The molecule has 3 rings (SSSR count). The molecule has 2 aliphatic rings. The van der Waals surface area contributed by atoms with E-state index in [1.807, 2.05) is 32.2 Å². The summed E-state index contributed by atoms with van der Waals surface area (Å²) in [7, 11) is -2.18. The summed E-state index contributed by atoms with van der Waals surface area (Å²) in [5.41, 5.74) is 0.514. The number of carbonyl (C=O) groups is 2. The van der Waals surface area contributed by atoms with E-state index in [0.717, 1.165) is 35.5 Å². The summed E-state index contributed by atoms with van der Waals surface area (Å²) in [6, 6.07) is -0.259. The van der Waals surface area contributed by atoms with Crippen molar-refractivity contribution < 1.29 is 23.9 Å². The van der Waals surface area contributed by atoms with E-state index in [-0.39, 0.29) is 52.9 Å². The van der Waals surface area contributed by atoms with Gasteiger partial charge in [-0.15, -0.1) is 11.3 Å². The number of nitrogens with one attached hydrogen (secondary N) is 1. The number of Topliss-reactive ketones (excluding diaryl/α,β-unsaturated/α-hetero) is 1. The van der Waals surface area contributed by atoms with Gasteiger partial charge in [0.1, 0.15) is 5.78 Å². The minimum absolute atomic E-state index is 0.00183. The molecule has 1 aromatic heterocycles. The van der Waals surface area contributed by atoms with E-state index >= 15 is 0 Å². The van der Waals surface area contributed by atoms with Crippen molar-refractivity contribution in [2.45, 2.75) is 149 Å². The molecule has 7 atom stereocenters. The third kappa shape index (κ3) is 8.20. The van der Waals surface area contributed by atoms with Crippen LogP contribution in [0.4, 0.5) is 0 Å². The number of ketones is 1. The average molecular weight is 621 g/mol. The smallest absolute Gasteiger partial charge is 0.223 e. The molecule has 9 heteroatoms. The van der Waals surface area contributed by atoms with E-state index in [2.05, 4.69) is 58.0 Å². The van der Waals surface area contributed by atoms with Crippen molar-refractivity contribution in [1.82, 2.24) is 10.3 Å². The Morgan fingerprint density at radius 1 is 1.24 bits per heavy atom. The highest BCUT2D eigenvalue weighted by Crippen LogP contribution is 2.45. The van der Waals surface area contributed by atoms with Crippen LogP contribution in [0.1, 0.15) is 105 Å². The molecule has 0 bridgehead atoms. The first-order valence-electron chi connectivity index (χ1n) is 15.7. The SMILES string of the molecule is C/C(=C\c1csc(C)n1)[C@@H]1C[C@@H]2O[C@]2(C)CCC[C@H](C)[C@H](O[Si](C)(C)C(C)(C)C)[C@@H](C)C(=O)C(C)(C)[C@@H](O)CC(=O)N1. The predicted molar refractivity (Wildman–Crippen MR) is 174 cm³/mol. The van der Waals surface area contributed by atoms with Crippen LogP contribution in [0.2, 0.25) is 18.1 Å². The number of ether oxygens (including phenoxy) is 1. The number of aromatic nitrogens is 1. The molecule has 0 unspecified atom stereocenters. The summed E-state index contributed by atoms with van der Waals surface area (Å²) in [5.74, 6) is -0.605. The summed E-state index contributed by atoms with van der Waals surface area (Å²) in [5, 5.41) is 17.5. The number of aliphatic hydroxyl groups excluding tert-OH is 1. The quantitative estimate of drug-likeness (QED) is 0.276. The lowest BCUT2D eigenvalue weighted by Gasteiger charge is -2.44. The van der Waals surface area contributed by atoms with E-state index < -0.39 is 25.8 Å². The number of aliphatic hydroxyl groups is 1. The van der Waals surface area contributed by atoms with Gasteiger partial charge in [0.2, 0.25) is 5.91 Å². The normalized spacial score (nSPS) is 34.1. The standard InChI is InChI=1S/C33H56N2O5SSi/c1-20-14-13-15-33(10)27(39-33)17-25(21(2)16-24-19-41-23(4)34-24)35-28(37)18-26(36)32(8,9)30(38)22(3)29(20)40-42(11,12)31(5,6)7/h16,19-20,22,25-27,29,36H,13-15,17-18H2,1-12H3,(H,35,37)/b21-16+/t20-,22+,25-,26-,27-,29-,33+/m0/s1. The van der Waals surface area contributed by atoms with Crippen molar-refractivity contribution in [2.24, 2.45) is 17.3 Å². The Morgan fingerprint density at radius 2 is 1.88 bits per heavy atom. The molecule has 238 valence electrons. The predicted octanol–water partition coefficient (Wildman–Crippen LogP) is 7.08. The van der Waals surface area contributed by atoms with Gasteiger partial charge in [-0.1, -0.05) is 54.9 Å². The Bertz CT molecular complexity index is 1160. The van der Waals surface area contributed by atoms with Crippen molar-refractivity contribution >= 4 is 37.4 Å². The molecule has 0 spiro atoms. The first-order chi connectivity index (χ1) is 19.2. The van der Waals surface area contributed by atoms with E-state index in [4.69, 9.17) is 9.16 Å². The summed E-state index contributed by atoms with van der Waals surface area (Å²) < 4.78 is 13.2. The molecule has 0 aliphatic carbocycles. The van der Waals surface area contributed by atoms with Crippen molar-refractivity contribution in [2.75, 3.05) is 0 Å². The fourth-order valence-electron chi connectivity index (χ4n) is 5.91. The number of epoxide rings is 1. The number of nitrogens with zero attached hydrogens (tertiary/aromatic N) is 1. The lowest BCUT2D eigenvalue weighted by molar-refractivity contribution is -0.142. The van der Waals surface area contributed by atoms with Crippen LogP contribution in [-0.2, 0) is 18.8 Å². The number of hydrogen-bond acceptors (Lipinski definition) is 7. The van der Waals surface area contributed by atoms with E-state index in [9.17, 15) is 14.7 Å². The number of fused-ring (bicyclic) bond motifs is 1. The molecule has 0 saturated carbocycles. The Kier molecular flexibility index (Phi) is 10.8. The second-order valence-corrected chi connectivity index (χ2v) is 21.1. The van der Waals surface area contributed by atoms with Crippen LogP contribution < -0.4 is 5.32 Å². The molecular weight excluding hydrogens is 565 g/mol. The van der Waals surface area contributed by atoms with Gasteiger partial charge in [0.15, 0.2) is 8.32 Å². The topological polar surface area (TPSA) is 101 Å². The van der Waals surface area contributed by atoms with Crippen LogP contribution in [0.25, 0.3) is 6.08 Å². The van der Waals surface area contributed by atoms with Crippen LogP contribution >= 0.6 is 11.3 Å². The number of aryl methyl sites for hydroxylation is 1. The minimum Gasteiger partial charge on any atom is -0.413 e. The zero-order chi connectivity index (χ0) is 31.8. The third-order valence-electron chi connectivity index (χ3n) is 10.3. The largest absolute Gasteiger partial charge is 0.413 e. The Balaban J connectivity index is 1.91. The maximum absolute atomic E-state index is 14.1. The molecule has 1 amide bonds. The van der Waals surface area contributed by atoms with Crippen LogP contribution in [-0.4, -0.2) is 60.1 Å². The van der Waals surface area contributed by atoms with Gasteiger partial charge in [0.25, 0.3) is 0 Å². The molecule has 42 heavy (non-hydrogen) atoms. The van der Waals surface area contributed by atoms with Crippen LogP contribution in [0, 0.1) is 24.2 Å². The molecular formula is C33H56N2O5SSi. The van der Waals surface area contributed by atoms with Crippen molar-refractivity contribution in [3.63, 3.8) is 0 Å². The van der Waals surface area contributed by atoms with Crippen molar-refractivity contribution in [3.05, 3.63) is 21.7 Å². The summed E-state index contributed by atoms with van der Waals surface area (Å²) in [6.45, 7) is 24.9. The number of carbonyl (C=O) groups excluding carboxylic acids is 2. The van der Waals surface area contributed by atoms with Crippen molar-refractivity contribution in [1.29, 1.82) is 0 Å². The molecule has 2 saturated heterocycles. The third-order valence-corrected chi connectivity index (χ3v) is 15.5. The summed E-state index contributed by atoms with van der Waals surface area (Å²) in [6.07, 6.45) is 3.95. The fraction of sp³-hybridized carbons (Fsp3) is 0.788. The zero-order valence-electron chi connectivity index (χ0n) is 28.1. The second kappa shape index (κ2) is 12.9. The number of rotatable bonds is 4. The van der Waals surface area contributed by atoms with Crippen LogP contribution in [0.5, 0.6) is 0 Å². The monoisotopic (exact) mass is 620 g/mol. The maximum Gasteiger partial charge on any atom is 0.223 e. The number of hydrogen-bond donors (Lipinski definition) is 2. The van der Waals surface area contributed by atoms with Crippen LogP contribution in [0.15, 0.2) is 11.0 Å². The van der Waals surface area contributed by atoms with Gasteiger partial charge in [0, 0.05) is 17.7 Å². The summed E-state index contributed by atoms with van der Waals surface area (Å²) >= 11 is 1.59. The van der Waals surface area contributed by atoms with Crippen LogP contribution in [0.3, 0.4) is 0 Å². The molecule has 1 aromatic rings. The Hall–Kier alpha value is -1.39. The van der Waals surface area contributed by atoms with Gasteiger partial charge in [-0.05, 0) is 69.3 Å². The molecule has 2 aliphatic heterocycles. The lowest BCUT2D eigenvalue weighted by atomic mass is 9.72. The van der Waals surface area contributed by atoms with E-state index in [0.29, 0.717) is 6.42 Å². The number of amides is 1. The van der Waals surface area contributed by atoms with Gasteiger partial charge in [0.05, 0.1) is 52.5 Å². The first kappa shape index (κ1) is 35.1. The second-order valence-electron chi connectivity index (χ2n) is 15.3. The first-order valence-corrected chi connectivity index (χ1v) is 19.4. The molecule has 0 aromatic carbocycles. The van der Waals surface area contributed by atoms with E-state index in [1.54, 1.807) is 25.2 Å². The maximum atomic E-state index is 14.1. The average Bonchev–Trinajstić information content (AvgIpc) is 3.31. The molecule has 3 heterocycles. The zero-order valence-corrected chi connectivity index (χ0v) is 29.9. The highest BCUT2D eigenvalue weighted by Gasteiger charge is 2.53. The van der Waals surface area contributed by atoms with Gasteiger partial charge in [-0.25, -0.2) is 4.98 Å². The number of thiazole rings is 1. The summed E-state index contributed by atoms with van der Waals surface area (Å²) in [4.78, 5) is 32.0. The highest BCUT2D eigenvalue weighted by atomic mass is 32.1. The van der Waals surface area contributed by atoms with Gasteiger partial charge in [-0.2, -0.15) is 0 Å². The molecule has 7 nitrogen and oxygen atoms in total. The molecule has 0 radical (unpaired) electrons. The fourth-order valence-corrected chi connectivity index (χ4v) is 7.95. The van der Waals surface area contributed by atoms with Gasteiger partial charge >= 0.3 is 0 Å². The van der Waals surface area contributed by atoms with Gasteiger partial charge < -0.3 is 19.6 Å². The lowest BCUT2D eigenvalue weighted by Crippen LogP contribution is -2.52. The Labute approximate surface area is 259 Å². The van der Waals surface area contributed by atoms with Gasteiger partial charge in [-0.3, -0.25) is 9.59 Å². The highest BCUT2D eigenvalue weighted by molar-refractivity contribution is 7.09. The minimum atomic E-state index is -2.18. The molecule has 2 N–H and O–H groups in total. The van der Waals surface area contributed by atoms with E-state index in [1.165, 1.54) is 0 Å². The molecule has 2 fully saturated rings.